The molecule has 0 aliphatic heterocycles. The Labute approximate surface area is 117 Å². The zero-order valence-electron chi connectivity index (χ0n) is 12.5. The van der Waals surface area contributed by atoms with Crippen molar-refractivity contribution in [1.29, 1.82) is 0 Å². The van der Waals surface area contributed by atoms with E-state index in [-0.39, 0.29) is 5.54 Å². The van der Waals surface area contributed by atoms with Crippen LogP contribution in [0.5, 0.6) is 5.75 Å². The molecule has 1 aliphatic carbocycles. The van der Waals surface area contributed by atoms with E-state index in [2.05, 4.69) is 50.4 Å². The van der Waals surface area contributed by atoms with Crippen molar-refractivity contribution in [3.8, 4) is 5.75 Å². The smallest absolute Gasteiger partial charge is 0.124 e. The minimum absolute atomic E-state index is 0.137. The largest absolute Gasteiger partial charge is 0.490 e. The van der Waals surface area contributed by atoms with E-state index in [1.54, 1.807) is 0 Å². The minimum atomic E-state index is 0.137. The average Bonchev–Trinajstić information content (AvgIpc) is 2.38. The number of hydrogen-bond acceptors (Lipinski definition) is 2. The molecule has 0 spiro atoms. The van der Waals surface area contributed by atoms with Crippen molar-refractivity contribution < 1.29 is 4.74 Å². The number of para-hydroxylation sites is 1. The number of nitrogens with one attached hydrogen (secondary N) is 1. The Morgan fingerprint density at radius 3 is 2.47 bits per heavy atom. The van der Waals surface area contributed by atoms with E-state index in [1.165, 1.54) is 37.7 Å². The van der Waals surface area contributed by atoms with Crippen molar-refractivity contribution in [2.75, 3.05) is 0 Å². The summed E-state index contributed by atoms with van der Waals surface area (Å²) in [4.78, 5) is 0. The lowest BCUT2D eigenvalue weighted by atomic mass is 9.97. The van der Waals surface area contributed by atoms with Gasteiger partial charge >= 0.3 is 0 Å². The summed E-state index contributed by atoms with van der Waals surface area (Å²) in [5.74, 6) is 1.06. The van der Waals surface area contributed by atoms with Crippen molar-refractivity contribution >= 4 is 0 Å². The van der Waals surface area contributed by atoms with Gasteiger partial charge in [0.15, 0.2) is 0 Å². The first kappa shape index (κ1) is 14.4. The fourth-order valence-corrected chi connectivity index (χ4v) is 2.49. The van der Waals surface area contributed by atoms with Crippen molar-refractivity contribution in [3.63, 3.8) is 0 Å². The quantitative estimate of drug-likeness (QED) is 0.873. The maximum Gasteiger partial charge on any atom is 0.124 e. The van der Waals surface area contributed by atoms with Gasteiger partial charge in [0.2, 0.25) is 0 Å². The zero-order chi connectivity index (χ0) is 13.7. The molecule has 0 amide bonds. The molecule has 1 aliphatic rings. The monoisotopic (exact) mass is 261 g/mol. The SMILES string of the molecule is CC(C)(C)NCc1ccccc1OC1CCCCC1. The molecule has 0 radical (unpaired) electrons. The van der Waals surface area contributed by atoms with Crippen LogP contribution >= 0.6 is 0 Å². The highest BCUT2D eigenvalue weighted by atomic mass is 16.5. The van der Waals surface area contributed by atoms with Crippen LogP contribution < -0.4 is 10.1 Å². The van der Waals surface area contributed by atoms with E-state index >= 15 is 0 Å². The second-order valence-electron chi connectivity index (χ2n) is 6.59. The number of ether oxygens (including phenoxy) is 1. The Morgan fingerprint density at radius 1 is 1.11 bits per heavy atom. The Hall–Kier alpha value is -1.02. The van der Waals surface area contributed by atoms with Crippen LogP contribution in [0.1, 0.15) is 58.4 Å². The highest BCUT2D eigenvalue weighted by Crippen LogP contribution is 2.26. The molecule has 0 aromatic heterocycles. The highest BCUT2D eigenvalue weighted by molar-refractivity contribution is 5.33. The molecule has 2 nitrogen and oxygen atoms in total. The molecule has 1 N–H and O–H groups in total. The molecule has 1 aromatic carbocycles. The Morgan fingerprint density at radius 2 is 1.79 bits per heavy atom. The van der Waals surface area contributed by atoms with Gasteiger partial charge in [-0.3, -0.25) is 0 Å². The predicted octanol–water partition coefficient (Wildman–Crippen LogP) is 4.29. The van der Waals surface area contributed by atoms with Gasteiger partial charge < -0.3 is 10.1 Å². The van der Waals surface area contributed by atoms with Crippen LogP contribution in [0.25, 0.3) is 0 Å². The lowest BCUT2D eigenvalue weighted by molar-refractivity contribution is 0.153. The zero-order valence-corrected chi connectivity index (χ0v) is 12.5. The van der Waals surface area contributed by atoms with E-state index in [9.17, 15) is 0 Å². The molecular formula is C17H27NO. The number of benzene rings is 1. The summed E-state index contributed by atoms with van der Waals surface area (Å²) < 4.78 is 6.21. The van der Waals surface area contributed by atoms with Gasteiger partial charge in [-0.1, -0.05) is 24.6 Å². The summed E-state index contributed by atoms with van der Waals surface area (Å²) in [6, 6.07) is 8.43. The molecule has 106 valence electrons. The van der Waals surface area contributed by atoms with Gasteiger partial charge in [0.25, 0.3) is 0 Å². The van der Waals surface area contributed by atoms with E-state index in [0.29, 0.717) is 6.10 Å². The van der Waals surface area contributed by atoms with E-state index in [0.717, 1.165) is 12.3 Å². The van der Waals surface area contributed by atoms with Gasteiger partial charge in [0.05, 0.1) is 6.10 Å². The molecule has 2 heteroatoms. The van der Waals surface area contributed by atoms with E-state index < -0.39 is 0 Å². The molecule has 1 fully saturated rings. The first-order valence-corrected chi connectivity index (χ1v) is 7.54. The predicted molar refractivity (Wildman–Crippen MR) is 80.5 cm³/mol. The lowest BCUT2D eigenvalue weighted by Crippen LogP contribution is -2.35. The number of rotatable bonds is 4. The van der Waals surface area contributed by atoms with Gasteiger partial charge in [-0.15, -0.1) is 0 Å². The van der Waals surface area contributed by atoms with Crippen LogP contribution in [-0.4, -0.2) is 11.6 Å². The second kappa shape index (κ2) is 6.42. The fraction of sp³-hybridized carbons (Fsp3) is 0.647. The van der Waals surface area contributed by atoms with Crippen LogP contribution in [-0.2, 0) is 6.54 Å². The number of hydrogen-bond donors (Lipinski definition) is 1. The van der Waals surface area contributed by atoms with Crippen molar-refractivity contribution in [3.05, 3.63) is 29.8 Å². The van der Waals surface area contributed by atoms with Crippen molar-refractivity contribution in [2.45, 2.75) is 71.1 Å². The van der Waals surface area contributed by atoms with Crippen LogP contribution in [0.4, 0.5) is 0 Å². The van der Waals surface area contributed by atoms with Gasteiger partial charge in [-0.2, -0.15) is 0 Å². The summed E-state index contributed by atoms with van der Waals surface area (Å²) >= 11 is 0. The van der Waals surface area contributed by atoms with Crippen molar-refractivity contribution in [1.82, 2.24) is 5.32 Å². The third-order valence-corrected chi connectivity index (χ3v) is 3.63. The highest BCUT2D eigenvalue weighted by Gasteiger charge is 2.17. The third kappa shape index (κ3) is 4.87. The molecule has 2 rings (SSSR count). The molecule has 1 aromatic rings. The van der Waals surface area contributed by atoms with Crippen LogP contribution in [0.3, 0.4) is 0 Å². The van der Waals surface area contributed by atoms with E-state index in [1.807, 2.05) is 0 Å². The Balaban J connectivity index is 1.99. The Bertz CT molecular complexity index is 388. The molecule has 19 heavy (non-hydrogen) atoms. The average molecular weight is 261 g/mol. The summed E-state index contributed by atoms with van der Waals surface area (Å²) in [6.45, 7) is 7.44. The lowest BCUT2D eigenvalue weighted by Gasteiger charge is -2.26. The maximum absolute atomic E-state index is 6.21. The first-order valence-electron chi connectivity index (χ1n) is 7.54. The minimum Gasteiger partial charge on any atom is -0.490 e. The Kier molecular flexibility index (Phi) is 4.87. The molecule has 0 heterocycles. The summed E-state index contributed by atoms with van der Waals surface area (Å²) in [6.07, 6.45) is 6.83. The molecule has 0 unspecified atom stereocenters. The molecule has 0 saturated heterocycles. The van der Waals surface area contributed by atoms with Crippen LogP contribution in [0.15, 0.2) is 24.3 Å². The molecule has 0 bridgehead atoms. The standard InChI is InChI=1S/C17H27NO/c1-17(2,3)18-13-14-9-7-8-12-16(14)19-15-10-5-4-6-11-15/h7-9,12,15,18H,4-6,10-11,13H2,1-3H3. The van der Waals surface area contributed by atoms with E-state index in [4.69, 9.17) is 4.74 Å². The normalized spacial score (nSPS) is 17.4. The van der Waals surface area contributed by atoms with Crippen LogP contribution in [0, 0.1) is 0 Å². The van der Waals surface area contributed by atoms with Crippen LogP contribution in [0.2, 0.25) is 0 Å². The topological polar surface area (TPSA) is 21.3 Å². The van der Waals surface area contributed by atoms with Crippen molar-refractivity contribution in [2.24, 2.45) is 0 Å². The second-order valence-corrected chi connectivity index (χ2v) is 6.59. The molecule has 0 atom stereocenters. The third-order valence-electron chi connectivity index (χ3n) is 3.63. The summed E-state index contributed by atoms with van der Waals surface area (Å²) in [5, 5.41) is 3.54. The first-order chi connectivity index (χ1) is 9.04. The molecular weight excluding hydrogens is 234 g/mol. The fourth-order valence-electron chi connectivity index (χ4n) is 2.49. The van der Waals surface area contributed by atoms with Gasteiger partial charge in [-0.25, -0.2) is 0 Å². The van der Waals surface area contributed by atoms with Gasteiger partial charge in [0.1, 0.15) is 5.75 Å². The summed E-state index contributed by atoms with van der Waals surface area (Å²) in [5.41, 5.74) is 1.40. The van der Waals surface area contributed by atoms with Gasteiger partial charge in [-0.05, 0) is 52.5 Å². The maximum atomic E-state index is 6.21. The molecule has 1 saturated carbocycles. The van der Waals surface area contributed by atoms with Gasteiger partial charge in [0, 0.05) is 17.6 Å². The summed E-state index contributed by atoms with van der Waals surface area (Å²) in [7, 11) is 0.